The normalized spacial score (nSPS) is 36.3. The first-order valence-electron chi connectivity index (χ1n) is 5.17. The molecule has 4 nitrogen and oxygen atoms in total. The van der Waals surface area contributed by atoms with Crippen LogP contribution >= 0.6 is 0 Å². The summed E-state index contributed by atoms with van der Waals surface area (Å²) in [5.41, 5.74) is 9.39. The second-order valence-corrected chi connectivity index (χ2v) is 4.37. The predicted molar refractivity (Wildman–Crippen MR) is 49.8 cm³/mol. The Bertz CT molecular complexity index is 299. The third kappa shape index (κ3) is 1.46. The Hall–Kier alpha value is -1.15. The Morgan fingerprint density at radius 3 is 2.50 bits per heavy atom. The molecule has 0 aliphatic heterocycles. The molecule has 1 atom stereocenters. The average molecular weight is 194 g/mol. The Morgan fingerprint density at radius 1 is 1.36 bits per heavy atom. The van der Waals surface area contributed by atoms with E-state index in [9.17, 15) is 4.79 Å². The van der Waals surface area contributed by atoms with E-state index in [1.165, 1.54) is 0 Å². The van der Waals surface area contributed by atoms with Crippen LogP contribution in [0.1, 0.15) is 32.1 Å². The Morgan fingerprint density at radius 2 is 2.00 bits per heavy atom. The molecule has 3 saturated carbocycles. The van der Waals surface area contributed by atoms with E-state index < -0.39 is 11.9 Å². The number of aliphatic carboxylic acids is 1. The average Bonchev–Trinajstić information content (AvgIpc) is 2.46. The highest BCUT2D eigenvalue weighted by atomic mass is 16.4. The number of nitrogens with zero attached hydrogens (tertiary/aromatic N) is 2. The molecule has 3 fully saturated rings. The summed E-state index contributed by atoms with van der Waals surface area (Å²) < 4.78 is 0. The smallest absolute Gasteiger partial charge is 0.318 e. The fourth-order valence-electron chi connectivity index (χ4n) is 2.81. The molecular formula is C10H14N2O2. The summed E-state index contributed by atoms with van der Waals surface area (Å²) in [7, 11) is 0. The first-order chi connectivity index (χ1) is 6.72. The van der Waals surface area contributed by atoms with Crippen LogP contribution in [0, 0.1) is 17.8 Å². The van der Waals surface area contributed by atoms with Crippen molar-refractivity contribution in [3.63, 3.8) is 0 Å². The van der Waals surface area contributed by atoms with Gasteiger partial charge in [0.1, 0.15) is 0 Å². The minimum Gasteiger partial charge on any atom is -0.481 e. The lowest BCUT2D eigenvalue weighted by Gasteiger charge is -2.19. The highest BCUT2D eigenvalue weighted by molar-refractivity contribution is 6.00. The molecule has 0 aromatic heterocycles. The minimum absolute atomic E-state index is 0.208. The molecule has 0 amide bonds. The molecular weight excluding hydrogens is 180 g/mol. The monoisotopic (exact) mass is 194 g/mol. The summed E-state index contributed by atoms with van der Waals surface area (Å²) in [6.45, 7) is 0. The summed E-state index contributed by atoms with van der Waals surface area (Å²) in [4.78, 5) is 14.2. The van der Waals surface area contributed by atoms with Crippen LogP contribution in [0.2, 0.25) is 0 Å². The van der Waals surface area contributed by atoms with Crippen molar-refractivity contribution in [2.75, 3.05) is 0 Å². The lowest BCUT2D eigenvalue weighted by Crippen LogP contribution is -2.28. The van der Waals surface area contributed by atoms with E-state index in [0.29, 0.717) is 18.1 Å². The maximum atomic E-state index is 11.0. The molecule has 0 spiro atoms. The van der Waals surface area contributed by atoms with Crippen molar-refractivity contribution < 1.29 is 14.7 Å². The summed E-state index contributed by atoms with van der Waals surface area (Å²) >= 11 is 0. The van der Waals surface area contributed by atoms with E-state index in [1.807, 2.05) is 0 Å². The van der Waals surface area contributed by atoms with Crippen molar-refractivity contribution in [2.24, 2.45) is 17.8 Å². The van der Waals surface area contributed by atoms with Crippen LogP contribution in [0.4, 0.5) is 0 Å². The molecule has 4 heteroatoms. The van der Waals surface area contributed by atoms with Gasteiger partial charge in [-0.15, -0.1) is 0 Å². The van der Waals surface area contributed by atoms with Crippen LogP contribution in [0.3, 0.4) is 0 Å². The molecule has 3 aliphatic rings. The third-order valence-electron chi connectivity index (χ3n) is 3.60. The topological polar surface area (TPSA) is 73.7 Å². The van der Waals surface area contributed by atoms with Crippen molar-refractivity contribution in [1.82, 2.24) is 0 Å². The number of carboxylic acid groups (broad SMARTS) is 1. The molecule has 1 N–H and O–H groups in total. The molecule has 2 bridgehead atoms. The number of fused-ring (bicyclic) bond motifs is 4. The Kier molecular flexibility index (Phi) is 2.38. The maximum absolute atomic E-state index is 11.0. The SMILES string of the molecule is [N-]=[N+]=C1C2CCC(CC2)CC1C(=O)O. The zero-order valence-corrected chi connectivity index (χ0v) is 8.02. The maximum Gasteiger partial charge on any atom is 0.318 e. The fourth-order valence-corrected chi connectivity index (χ4v) is 2.81. The van der Waals surface area contributed by atoms with Gasteiger partial charge in [0.15, 0.2) is 5.92 Å². The second kappa shape index (κ2) is 3.54. The number of hydrogen-bond donors (Lipinski definition) is 1. The molecule has 76 valence electrons. The van der Waals surface area contributed by atoms with Crippen molar-refractivity contribution in [3.05, 3.63) is 5.53 Å². The standard InChI is InChI=1S/C10H14N2O2/c11-12-9-7-3-1-6(2-4-7)5-8(9)10(13)14/h6-8H,1-5H2,(H,13,14). The molecule has 3 aliphatic carbocycles. The van der Waals surface area contributed by atoms with Gasteiger partial charge in [0, 0.05) is 0 Å². The quantitative estimate of drug-likeness (QED) is 0.508. The molecule has 0 heterocycles. The number of rotatable bonds is 1. The zero-order valence-electron chi connectivity index (χ0n) is 8.02. The van der Waals surface area contributed by atoms with Crippen LogP contribution in [0.25, 0.3) is 5.53 Å². The van der Waals surface area contributed by atoms with Crippen LogP contribution < -0.4 is 0 Å². The highest BCUT2D eigenvalue weighted by Crippen LogP contribution is 2.39. The van der Waals surface area contributed by atoms with Gasteiger partial charge < -0.3 is 10.6 Å². The van der Waals surface area contributed by atoms with E-state index >= 15 is 0 Å². The summed E-state index contributed by atoms with van der Waals surface area (Å²) in [5.74, 6) is -0.650. The minimum atomic E-state index is -0.836. The van der Waals surface area contributed by atoms with Gasteiger partial charge in [0.25, 0.3) is 5.71 Å². The fraction of sp³-hybridized carbons (Fsp3) is 0.800. The highest BCUT2D eigenvalue weighted by Gasteiger charge is 2.44. The van der Waals surface area contributed by atoms with Gasteiger partial charge in [-0.2, -0.15) is 4.79 Å². The van der Waals surface area contributed by atoms with Crippen molar-refractivity contribution in [1.29, 1.82) is 0 Å². The molecule has 3 rings (SSSR count). The van der Waals surface area contributed by atoms with E-state index in [4.69, 9.17) is 10.6 Å². The van der Waals surface area contributed by atoms with Crippen molar-refractivity contribution in [3.8, 4) is 0 Å². The summed E-state index contributed by atoms with van der Waals surface area (Å²) in [6, 6.07) is 0. The van der Waals surface area contributed by atoms with Crippen molar-refractivity contribution >= 4 is 11.7 Å². The van der Waals surface area contributed by atoms with Gasteiger partial charge in [0.05, 0.1) is 5.92 Å². The summed E-state index contributed by atoms with van der Waals surface area (Å²) in [5, 5.41) is 9.04. The van der Waals surface area contributed by atoms with Crippen LogP contribution in [-0.2, 0) is 4.79 Å². The van der Waals surface area contributed by atoms with E-state index in [0.717, 1.165) is 25.7 Å². The molecule has 0 aromatic carbocycles. The first-order valence-corrected chi connectivity index (χ1v) is 5.17. The van der Waals surface area contributed by atoms with Gasteiger partial charge in [0.2, 0.25) is 0 Å². The van der Waals surface area contributed by atoms with Gasteiger partial charge in [-0.3, -0.25) is 4.79 Å². The third-order valence-corrected chi connectivity index (χ3v) is 3.60. The van der Waals surface area contributed by atoms with E-state index in [2.05, 4.69) is 4.79 Å². The Labute approximate surface area is 82.6 Å². The summed E-state index contributed by atoms with van der Waals surface area (Å²) in [6.07, 6.45) is 4.83. The van der Waals surface area contributed by atoms with Crippen molar-refractivity contribution in [2.45, 2.75) is 32.1 Å². The molecule has 14 heavy (non-hydrogen) atoms. The number of carbonyl (C=O) groups is 1. The largest absolute Gasteiger partial charge is 0.481 e. The van der Waals surface area contributed by atoms with Crippen LogP contribution in [0.5, 0.6) is 0 Å². The lowest BCUT2D eigenvalue weighted by molar-refractivity contribution is -0.141. The van der Waals surface area contributed by atoms with E-state index in [1.54, 1.807) is 0 Å². The van der Waals surface area contributed by atoms with Gasteiger partial charge in [-0.1, -0.05) is 0 Å². The number of hydrogen-bond acceptors (Lipinski definition) is 1. The lowest BCUT2D eigenvalue weighted by atomic mass is 9.84. The number of carboxylic acids is 1. The predicted octanol–water partition coefficient (Wildman–Crippen LogP) is 1.57. The molecule has 0 saturated heterocycles. The van der Waals surface area contributed by atoms with Gasteiger partial charge in [-0.05, 0) is 38.0 Å². The molecule has 0 aromatic rings. The molecule has 0 radical (unpaired) electrons. The molecule has 1 unspecified atom stereocenters. The van der Waals surface area contributed by atoms with Crippen LogP contribution in [-0.4, -0.2) is 21.6 Å². The Balaban J connectivity index is 2.33. The van der Waals surface area contributed by atoms with Gasteiger partial charge >= 0.3 is 5.97 Å². The van der Waals surface area contributed by atoms with Gasteiger partial charge in [-0.25, -0.2) is 0 Å². The second-order valence-electron chi connectivity index (χ2n) is 4.37. The first kappa shape index (κ1) is 9.41. The van der Waals surface area contributed by atoms with Crippen LogP contribution in [0.15, 0.2) is 0 Å². The zero-order chi connectivity index (χ0) is 10.1. The van der Waals surface area contributed by atoms with E-state index in [-0.39, 0.29) is 5.92 Å².